The van der Waals surface area contributed by atoms with Crippen LogP contribution in [0, 0.1) is 5.82 Å². The van der Waals surface area contributed by atoms with Crippen molar-refractivity contribution in [3.63, 3.8) is 0 Å². The maximum atomic E-state index is 13.4. The molecule has 6 heteroatoms. The fourth-order valence-electron chi connectivity index (χ4n) is 3.44. The van der Waals surface area contributed by atoms with Gasteiger partial charge in [0.15, 0.2) is 0 Å². The first-order chi connectivity index (χ1) is 12.2. The molecular weight excluding hydrogens is 321 g/mol. The topological polar surface area (TPSA) is 55.8 Å². The minimum atomic E-state index is -0.212. The minimum absolute atomic E-state index is 0.0321. The Morgan fingerprint density at radius 1 is 1.24 bits per heavy atom. The molecule has 0 aromatic heterocycles. The van der Waals surface area contributed by atoms with Gasteiger partial charge in [0.05, 0.1) is 0 Å². The van der Waals surface area contributed by atoms with Crippen molar-refractivity contribution < 1.29 is 14.3 Å². The summed E-state index contributed by atoms with van der Waals surface area (Å²) in [7, 11) is 0. The van der Waals surface area contributed by atoms with Crippen molar-refractivity contribution in [1.82, 2.24) is 10.2 Å². The third kappa shape index (κ3) is 5.08. The van der Waals surface area contributed by atoms with Gasteiger partial charge in [-0.15, -0.1) is 0 Å². The molecule has 0 unspecified atom stereocenters. The van der Waals surface area contributed by atoms with Crippen molar-refractivity contribution in [2.75, 3.05) is 31.1 Å². The molecule has 1 saturated carbocycles. The Labute approximate surface area is 148 Å². The number of urea groups is 1. The first kappa shape index (κ1) is 18.0. The first-order valence-corrected chi connectivity index (χ1v) is 9.36. The summed E-state index contributed by atoms with van der Waals surface area (Å²) in [5.41, 5.74) is 0.911. The number of anilines is 1. The number of aliphatic hydroxyl groups is 1. The number of halogens is 1. The molecule has 2 fully saturated rings. The number of nitrogens with zero attached hydrogens (tertiary/aromatic N) is 2. The van der Waals surface area contributed by atoms with Crippen LogP contribution in [-0.2, 0) is 0 Å². The molecule has 1 aliphatic heterocycles. The van der Waals surface area contributed by atoms with Crippen LogP contribution in [0.2, 0.25) is 0 Å². The van der Waals surface area contributed by atoms with Gasteiger partial charge in [0.1, 0.15) is 5.82 Å². The van der Waals surface area contributed by atoms with E-state index in [1.807, 2.05) is 11.0 Å². The number of amides is 2. The van der Waals surface area contributed by atoms with E-state index < -0.39 is 0 Å². The summed E-state index contributed by atoms with van der Waals surface area (Å²) < 4.78 is 13.4. The lowest BCUT2D eigenvalue weighted by Gasteiger charge is -2.35. The number of nitrogens with one attached hydrogen (secondary N) is 1. The van der Waals surface area contributed by atoms with Gasteiger partial charge in [0.25, 0.3) is 0 Å². The Hall–Kier alpha value is -1.82. The zero-order chi connectivity index (χ0) is 17.6. The monoisotopic (exact) mass is 349 g/mol. The average molecular weight is 349 g/mol. The van der Waals surface area contributed by atoms with Crippen molar-refractivity contribution in [2.24, 2.45) is 0 Å². The predicted octanol–water partition coefficient (Wildman–Crippen LogP) is 2.74. The van der Waals surface area contributed by atoms with Gasteiger partial charge in [0, 0.05) is 44.0 Å². The Morgan fingerprint density at radius 2 is 2.00 bits per heavy atom. The van der Waals surface area contributed by atoms with E-state index in [2.05, 4.69) is 10.2 Å². The second-order valence-electron chi connectivity index (χ2n) is 7.05. The van der Waals surface area contributed by atoms with Gasteiger partial charge >= 0.3 is 6.03 Å². The second-order valence-corrected chi connectivity index (χ2v) is 7.05. The van der Waals surface area contributed by atoms with Crippen molar-refractivity contribution in [2.45, 2.75) is 50.6 Å². The van der Waals surface area contributed by atoms with Crippen molar-refractivity contribution in [3.05, 3.63) is 30.1 Å². The first-order valence-electron chi connectivity index (χ1n) is 9.36. The second kappa shape index (κ2) is 8.52. The SMILES string of the molecule is O=C(NC1CCN(c2cccc(F)c2)CC1)N(CCCCO)C1CC1. The van der Waals surface area contributed by atoms with Crippen LogP contribution in [0.4, 0.5) is 14.9 Å². The third-order valence-electron chi connectivity index (χ3n) is 5.05. The Morgan fingerprint density at radius 3 is 2.64 bits per heavy atom. The van der Waals surface area contributed by atoms with E-state index in [0.717, 1.165) is 63.8 Å². The molecular formula is C19H28FN3O2. The molecule has 0 atom stereocenters. The highest BCUT2D eigenvalue weighted by Crippen LogP contribution is 2.27. The molecule has 3 rings (SSSR count). The normalized spacial score (nSPS) is 18.2. The van der Waals surface area contributed by atoms with Gasteiger partial charge in [-0.2, -0.15) is 0 Å². The molecule has 1 aliphatic carbocycles. The molecule has 1 aromatic rings. The van der Waals surface area contributed by atoms with Crippen LogP contribution < -0.4 is 10.2 Å². The van der Waals surface area contributed by atoms with Crippen LogP contribution in [0.3, 0.4) is 0 Å². The van der Waals surface area contributed by atoms with Gasteiger partial charge in [-0.3, -0.25) is 0 Å². The van der Waals surface area contributed by atoms with E-state index in [0.29, 0.717) is 6.04 Å². The Kier molecular flexibility index (Phi) is 6.13. The third-order valence-corrected chi connectivity index (χ3v) is 5.05. The standard InChI is InChI=1S/C19H28FN3O2/c20-15-4-3-5-18(14-15)22-11-8-16(9-12-22)21-19(25)23(17-6-7-17)10-1-2-13-24/h3-5,14,16-17,24H,1-2,6-13H2,(H,21,25). The molecule has 138 valence electrons. The van der Waals surface area contributed by atoms with Gasteiger partial charge in [-0.25, -0.2) is 9.18 Å². The molecule has 2 N–H and O–H groups in total. The van der Waals surface area contributed by atoms with E-state index in [1.165, 1.54) is 6.07 Å². The number of hydrogen-bond acceptors (Lipinski definition) is 3. The van der Waals surface area contributed by atoms with Gasteiger partial charge in [-0.1, -0.05) is 6.07 Å². The summed E-state index contributed by atoms with van der Waals surface area (Å²) in [6, 6.07) is 7.28. The van der Waals surface area contributed by atoms with Crippen LogP contribution in [0.1, 0.15) is 38.5 Å². The Bertz CT molecular complexity index is 572. The largest absolute Gasteiger partial charge is 0.396 e. The van der Waals surface area contributed by atoms with E-state index in [4.69, 9.17) is 5.11 Å². The summed E-state index contributed by atoms with van der Waals surface area (Å²) in [6.45, 7) is 2.54. The van der Waals surface area contributed by atoms with Gasteiger partial charge < -0.3 is 20.2 Å². The number of rotatable bonds is 7. The molecule has 2 aliphatic rings. The zero-order valence-electron chi connectivity index (χ0n) is 14.7. The smallest absolute Gasteiger partial charge is 0.317 e. The lowest BCUT2D eigenvalue weighted by Crippen LogP contribution is -2.50. The van der Waals surface area contributed by atoms with Crippen LogP contribution in [0.15, 0.2) is 24.3 Å². The van der Waals surface area contributed by atoms with Crippen LogP contribution in [0.5, 0.6) is 0 Å². The molecule has 2 amide bonds. The molecule has 5 nitrogen and oxygen atoms in total. The summed E-state index contributed by atoms with van der Waals surface area (Å²) in [5.74, 6) is -0.212. The summed E-state index contributed by atoms with van der Waals surface area (Å²) in [6.07, 6.45) is 5.50. The molecule has 25 heavy (non-hydrogen) atoms. The summed E-state index contributed by atoms with van der Waals surface area (Å²) >= 11 is 0. The zero-order valence-corrected chi connectivity index (χ0v) is 14.7. The lowest BCUT2D eigenvalue weighted by atomic mass is 10.0. The molecule has 0 radical (unpaired) electrons. The van der Waals surface area contributed by atoms with E-state index in [9.17, 15) is 9.18 Å². The van der Waals surface area contributed by atoms with E-state index >= 15 is 0 Å². The highest BCUT2D eigenvalue weighted by atomic mass is 19.1. The number of aliphatic hydroxyl groups excluding tert-OH is 1. The molecule has 0 bridgehead atoms. The summed E-state index contributed by atoms with van der Waals surface area (Å²) in [5, 5.41) is 12.1. The number of unbranched alkanes of at least 4 members (excludes halogenated alkanes) is 1. The maximum absolute atomic E-state index is 13.4. The van der Waals surface area contributed by atoms with Crippen molar-refractivity contribution in [3.8, 4) is 0 Å². The average Bonchev–Trinajstić information content (AvgIpc) is 3.44. The summed E-state index contributed by atoms with van der Waals surface area (Å²) in [4.78, 5) is 16.7. The van der Waals surface area contributed by atoms with Gasteiger partial charge in [-0.05, 0) is 56.7 Å². The predicted molar refractivity (Wildman–Crippen MR) is 96.2 cm³/mol. The van der Waals surface area contributed by atoms with Gasteiger partial charge in [0.2, 0.25) is 0 Å². The number of carbonyl (C=O) groups is 1. The van der Waals surface area contributed by atoms with E-state index in [-0.39, 0.29) is 24.5 Å². The number of benzene rings is 1. The van der Waals surface area contributed by atoms with E-state index in [1.54, 1.807) is 12.1 Å². The highest BCUT2D eigenvalue weighted by Gasteiger charge is 2.33. The molecule has 1 heterocycles. The van der Waals surface area contributed by atoms with Crippen LogP contribution in [-0.4, -0.2) is 54.4 Å². The highest BCUT2D eigenvalue weighted by molar-refractivity contribution is 5.75. The van der Waals surface area contributed by atoms with Crippen LogP contribution >= 0.6 is 0 Å². The van der Waals surface area contributed by atoms with Crippen molar-refractivity contribution in [1.29, 1.82) is 0 Å². The maximum Gasteiger partial charge on any atom is 0.317 e. The number of hydrogen-bond donors (Lipinski definition) is 2. The minimum Gasteiger partial charge on any atom is -0.396 e. The fourth-order valence-corrected chi connectivity index (χ4v) is 3.44. The molecule has 1 saturated heterocycles. The quantitative estimate of drug-likeness (QED) is 0.744. The van der Waals surface area contributed by atoms with Crippen LogP contribution in [0.25, 0.3) is 0 Å². The number of carbonyl (C=O) groups excluding carboxylic acids is 1. The number of piperidine rings is 1. The molecule has 0 spiro atoms. The van der Waals surface area contributed by atoms with Crippen molar-refractivity contribution >= 4 is 11.7 Å². The fraction of sp³-hybridized carbons (Fsp3) is 0.632. The lowest BCUT2D eigenvalue weighted by molar-refractivity contribution is 0.184. The molecule has 1 aromatic carbocycles. The Balaban J connectivity index is 1.46.